The maximum Gasteiger partial charge on any atom is 0.295 e. The van der Waals surface area contributed by atoms with Gasteiger partial charge in [0.1, 0.15) is 4.90 Å². The molecular weight excluding hydrogens is 276 g/mol. The third-order valence-electron chi connectivity index (χ3n) is 3.58. The third-order valence-corrected chi connectivity index (χ3v) is 4.48. The van der Waals surface area contributed by atoms with Gasteiger partial charge in [-0.15, -0.1) is 0 Å². The Morgan fingerprint density at radius 1 is 1.05 bits per heavy atom. The Morgan fingerprint density at radius 2 is 1.70 bits per heavy atom. The summed E-state index contributed by atoms with van der Waals surface area (Å²) in [6, 6.07) is 10.6. The molecule has 6 heteroatoms. The van der Waals surface area contributed by atoms with Crippen molar-refractivity contribution >= 4 is 26.6 Å². The fourth-order valence-electron chi connectivity index (χ4n) is 2.67. The highest BCUT2D eigenvalue weighted by Gasteiger charge is 2.20. The summed E-state index contributed by atoms with van der Waals surface area (Å²) in [5.74, 6) is 0. The van der Waals surface area contributed by atoms with Crippen LogP contribution in [0, 0.1) is 0 Å². The van der Waals surface area contributed by atoms with Gasteiger partial charge in [-0.3, -0.25) is 4.55 Å². The fraction of sp³-hybridized carbons (Fsp3) is 0.286. The van der Waals surface area contributed by atoms with Crippen LogP contribution in [-0.4, -0.2) is 39.1 Å². The highest BCUT2D eigenvalue weighted by atomic mass is 32.2. The summed E-state index contributed by atoms with van der Waals surface area (Å²) in [4.78, 5) is 2.12. The lowest BCUT2D eigenvalue weighted by molar-refractivity contribution is 0.484. The second kappa shape index (κ2) is 5.05. The average Bonchev–Trinajstić information content (AvgIpc) is 2.46. The average molecular weight is 292 g/mol. The largest absolute Gasteiger partial charge is 0.368 e. The first-order valence-electron chi connectivity index (χ1n) is 6.52. The molecule has 0 radical (unpaired) electrons. The van der Waals surface area contributed by atoms with Gasteiger partial charge >= 0.3 is 0 Å². The van der Waals surface area contributed by atoms with Gasteiger partial charge in [0.2, 0.25) is 0 Å². The van der Waals surface area contributed by atoms with Crippen molar-refractivity contribution in [2.24, 2.45) is 0 Å². The van der Waals surface area contributed by atoms with Crippen molar-refractivity contribution in [3.63, 3.8) is 0 Å². The highest BCUT2D eigenvalue weighted by molar-refractivity contribution is 7.86. The lowest BCUT2D eigenvalue weighted by Crippen LogP contribution is -2.43. The predicted octanol–water partition coefficient (Wildman–Crippen LogP) is 1.50. The lowest BCUT2D eigenvalue weighted by Gasteiger charge is -2.30. The molecule has 0 aliphatic carbocycles. The molecule has 2 N–H and O–H groups in total. The van der Waals surface area contributed by atoms with E-state index in [-0.39, 0.29) is 4.90 Å². The van der Waals surface area contributed by atoms with E-state index in [9.17, 15) is 13.0 Å². The number of hydrogen-bond acceptors (Lipinski definition) is 4. The van der Waals surface area contributed by atoms with Gasteiger partial charge in [0.05, 0.1) is 0 Å². The van der Waals surface area contributed by atoms with E-state index in [2.05, 4.69) is 10.2 Å². The Hall–Kier alpha value is -1.63. The number of rotatable bonds is 2. The Balaban J connectivity index is 2.26. The number of fused-ring (bicyclic) bond motifs is 1. The molecule has 0 unspecified atom stereocenters. The van der Waals surface area contributed by atoms with Crippen molar-refractivity contribution in [2.75, 3.05) is 31.1 Å². The molecule has 0 saturated carbocycles. The number of nitrogens with one attached hydrogen (secondary N) is 1. The maximum atomic E-state index is 11.6. The summed E-state index contributed by atoms with van der Waals surface area (Å²) < 4.78 is 32.7. The number of benzene rings is 2. The van der Waals surface area contributed by atoms with Crippen LogP contribution in [0.4, 0.5) is 5.69 Å². The SMILES string of the molecule is O=S(=O)(O)c1cccc2cccc(N3CCNCC3)c12. The second-order valence-corrected chi connectivity index (χ2v) is 6.23. The molecule has 1 aliphatic heterocycles. The van der Waals surface area contributed by atoms with Crippen molar-refractivity contribution in [1.29, 1.82) is 0 Å². The molecule has 1 aliphatic rings. The summed E-state index contributed by atoms with van der Waals surface area (Å²) in [6.45, 7) is 3.37. The minimum Gasteiger partial charge on any atom is -0.368 e. The Labute approximate surface area is 118 Å². The Bertz CT molecular complexity index is 732. The molecule has 20 heavy (non-hydrogen) atoms. The van der Waals surface area contributed by atoms with Gasteiger partial charge in [-0.05, 0) is 17.5 Å². The van der Waals surface area contributed by atoms with E-state index in [0.29, 0.717) is 5.39 Å². The Morgan fingerprint density at radius 3 is 2.35 bits per heavy atom. The van der Waals surface area contributed by atoms with Crippen LogP contribution in [0.25, 0.3) is 10.8 Å². The van der Waals surface area contributed by atoms with Gasteiger partial charge in [0, 0.05) is 37.3 Å². The van der Waals surface area contributed by atoms with Gasteiger partial charge in [-0.25, -0.2) is 0 Å². The van der Waals surface area contributed by atoms with Crippen LogP contribution in [0.15, 0.2) is 41.3 Å². The quantitative estimate of drug-likeness (QED) is 0.821. The molecule has 106 valence electrons. The zero-order valence-electron chi connectivity index (χ0n) is 10.9. The summed E-state index contributed by atoms with van der Waals surface area (Å²) in [6.07, 6.45) is 0. The van der Waals surface area contributed by atoms with Crippen LogP contribution in [0.1, 0.15) is 0 Å². The Kier molecular flexibility index (Phi) is 3.37. The molecule has 1 heterocycles. The van der Waals surface area contributed by atoms with Crippen molar-refractivity contribution < 1.29 is 13.0 Å². The summed E-state index contributed by atoms with van der Waals surface area (Å²) in [5, 5.41) is 4.68. The standard InChI is InChI=1S/C14H16N2O3S/c17-20(18,19)13-6-2-4-11-3-1-5-12(14(11)13)16-9-7-15-8-10-16/h1-6,15H,7-10H2,(H,17,18,19). The smallest absolute Gasteiger partial charge is 0.295 e. The first-order valence-corrected chi connectivity index (χ1v) is 7.96. The monoisotopic (exact) mass is 292 g/mol. The van der Waals surface area contributed by atoms with Crippen LogP contribution in [0.2, 0.25) is 0 Å². The molecule has 5 nitrogen and oxygen atoms in total. The van der Waals surface area contributed by atoms with Gasteiger partial charge in [-0.1, -0.05) is 24.3 Å². The molecule has 3 rings (SSSR count). The number of nitrogens with zero attached hydrogens (tertiary/aromatic N) is 1. The first kappa shape index (κ1) is 13.4. The molecule has 1 saturated heterocycles. The molecule has 0 aromatic heterocycles. The highest BCUT2D eigenvalue weighted by Crippen LogP contribution is 2.32. The van der Waals surface area contributed by atoms with Crippen LogP contribution < -0.4 is 10.2 Å². The van der Waals surface area contributed by atoms with Gasteiger partial charge < -0.3 is 10.2 Å². The minimum absolute atomic E-state index is 0.0240. The molecule has 0 amide bonds. The number of anilines is 1. The van der Waals surface area contributed by atoms with Gasteiger partial charge in [0.15, 0.2) is 0 Å². The lowest BCUT2D eigenvalue weighted by atomic mass is 10.1. The van der Waals surface area contributed by atoms with E-state index in [0.717, 1.165) is 37.3 Å². The van der Waals surface area contributed by atoms with Crippen LogP contribution in [-0.2, 0) is 10.1 Å². The molecule has 0 atom stereocenters. The van der Waals surface area contributed by atoms with E-state index < -0.39 is 10.1 Å². The first-order chi connectivity index (χ1) is 9.57. The van der Waals surface area contributed by atoms with E-state index in [1.165, 1.54) is 6.07 Å². The number of hydrogen-bond donors (Lipinski definition) is 2. The maximum absolute atomic E-state index is 11.6. The molecule has 0 spiro atoms. The molecule has 2 aromatic rings. The summed E-state index contributed by atoms with van der Waals surface area (Å²) in [7, 11) is -4.23. The van der Waals surface area contributed by atoms with Crippen LogP contribution in [0.5, 0.6) is 0 Å². The zero-order chi connectivity index (χ0) is 14.2. The van der Waals surface area contributed by atoms with E-state index in [1.807, 2.05) is 24.3 Å². The van der Waals surface area contributed by atoms with E-state index >= 15 is 0 Å². The molecular formula is C14H16N2O3S. The van der Waals surface area contributed by atoms with Crippen molar-refractivity contribution in [1.82, 2.24) is 5.32 Å². The second-order valence-electron chi connectivity index (χ2n) is 4.84. The van der Waals surface area contributed by atoms with E-state index in [4.69, 9.17) is 0 Å². The summed E-state index contributed by atoms with van der Waals surface area (Å²) in [5.41, 5.74) is 0.859. The number of piperazine rings is 1. The van der Waals surface area contributed by atoms with Crippen LogP contribution >= 0.6 is 0 Å². The topological polar surface area (TPSA) is 69.6 Å². The van der Waals surface area contributed by atoms with Crippen molar-refractivity contribution in [3.8, 4) is 0 Å². The van der Waals surface area contributed by atoms with Gasteiger partial charge in [0.25, 0.3) is 10.1 Å². The minimum atomic E-state index is -4.23. The van der Waals surface area contributed by atoms with Crippen molar-refractivity contribution in [3.05, 3.63) is 36.4 Å². The predicted molar refractivity (Wildman–Crippen MR) is 78.8 cm³/mol. The molecule has 2 aromatic carbocycles. The summed E-state index contributed by atoms with van der Waals surface area (Å²) >= 11 is 0. The normalized spacial score (nSPS) is 16.6. The fourth-order valence-corrected chi connectivity index (χ4v) is 3.40. The van der Waals surface area contributed by atoms with Gasteiger partial charge in [-0.2, -0.15) is 8.42 Å². The third kappa shape index (κ3) is 2.37. The van der Waals surface area contributed by atoms with Crippen molar-refractivity contribution in [2.45, 2.75) is 4.90 Å². The molecule has 0 bridgehead atoms. The van der Waals surface area contributed by atoms with Crippen LogP contribution in [0.3, 0.4) is 0 Å². The zero-order valence-corrected chi connectivity index (χ0v) is 11.7. The molecule has 1 fully saturated rings. The van der Waals surface area contributed by atoms with E-state index in [1.54, 1.807) is 6.07 Å².